The number of benzene rings is 1. The molecule has 1 saturated heterocycles. The lowest BCUT2D eigenvalue weighted by molar-refractivity contribution is 0.243. The molecule has 24 heavy (non-hydrogen) atoms. The third kappa shape index (κ3) is 5.12. The van der Waals surface area contributed by atoms with Crippen molar-refractivity contribution in [3.05, 3.63) is 35.9 Å². The monoisotopic (exact) mass is 363 g/mol. The predicted octanol–water partition coefficient (Wildman–Crippen LogP) is 5.10. The quantitative estimate of drug-likeness (QED) is 0.400. The fourth-order valence-corrected chi connectivity index (χ4v) is 4.27. The summed E-state index contributed by atoms with van der Waals surface area (Å²) < 4.78 is 17.4. The van der Waals surface area contributed by atoms with E-state index in [4.69, 9.17) is 13.8 Å². The first-order chi connectivity index (χ1) is 10.9. The fourth-order valence-electron chi connectivity index (χ4n) is 2.28. The van der Waals surface area contributed by atoms with Gasteiger partial charge in [0.1, 0.15) is 12.2 Å². The molecule has 1 aromatic carbocycles. The Kier molecular flexibility index (Phi) is 5.60. The van der Waals surface area contributed by atoms with Gasteiger partial charge in [0.15, 0.2) is 16.6 Å². The van der Waals surface area contributed by atoms with Gasteiger partial charge in [0.2, 0.25) is 0 Å². The van der Waals surface area contributed by atoms with Crippen LogP contribution < -0.4 is 0 Å². The zero-order chi connectivity index (χ0) is 18.2. The molecular weight excluding hydrogens is 330 g/mol. The van der Waals surface area contributed by atoms with Gasteiger partial charge in [0.05, 0.1) is 12.3 Å². The molecule has 0 radical (unpaired) electrons. The predicted molar refractivity (Wildman–Crippen MR) is 108 cm³/mol. The molecule has 0 bridgehead atoms. The molecule has 1 aliphatic rings. The van der Waals surface area contributed by atoms with E-state index in [1.54, 1.807) is 0 Å². The van der Waals surface area contributed by atoms with Crippen molar-refractivity contribution in [1.82, 2.24) is 0 Å². The molecule has 0 aliphatic carbocycles. The normalized spacial score (nSPS) is 22.6. The topological polar surface area (TPSA) is 34.1 Å². The minimum absolute atomic E-state index is 0.0869. The number of nitrogens with zero attached hydrogens (tertiary/aromatic N) is 1. The molecule has 134 valence electrons. The lowest BCUT2D eigenvalue weighted by atomic mass is 10.1. The van der Waals surface area contributed by atoms with Crippen LogP contribution >= 0.6 is 0 Å². The minimum atomic E-state index is -1.73. The summed E-state index contributed by atoms with van der Waals surface area (Å²) >= 11 is 0. The molecule has 3 nitrogen and oxygen atoms in total. The molecule has 0 aromatic heterocycles. The zero-order valence-electron chi connectivity index (χ0n) is 16.5. The first-order valence-corrected chi connectivity index (χ1v) is 15.2. The van der Waals surface area contributed by atoms with Crippen molar-refractivity contribution >= 4 is 22.3 Å². The van der Waals surface area contributed by atoms with Crippen LogP contribution in [-0.2, 0) is 9.16 Å². The van der Waals surface area contributed by atoms with E-state index in [0.717, 1.165) is 5.71 Å². The molecule has 0 spiro atoms. The van der Waals surface area contributed by atoms with Gasteiger partial charge in [-0.3, -0.25) is 0 Å². The second kappa shape index (κ2) is 6.86. The highest BCUT2D eigenvalue weighted by molar-refractivity contribution is 6.75. The van der Waals surface area contributed by atoms with E-state index >= 15 is 0 Å². The van der Waals surface area contributed by atoms with E-state index in [2.05, 4.69) is 77.8 Å². The second-order valence-corrected chi connectivity index (χ2v) is 18.6. The molecule has 1 aromatic rings. The summed E-state index contributed by atoms with van der Waals surface area (Å²) in [6.45, 7) is 18.9. The van der Waals surface area contributed by atoms with Crippen molar-refractivity contribution in [2.45, 2.75) is 70.8 Å². The maximum Gasteiger partial charge on any atom is 0.192 e. The van der Waals surface area contributed by atoms with Gasteiger partial charge in [-0.05, 0) is 43.3 Å². The van der Waals surface area contributed by atoms with Crippen molar-refractivity contribution in [3.8, 4) is 0 Å². The summed E-state index contributed by atoms with van der Waals surface area (Å²) in [5, 5.41) is 0.228. The van der Waals surface area contributed by atoms with Crippen molar-refractivity contribution in [2.75, 3.05) is 6.61 Å². The van der Waals surface area contributed by atoms with Crippen LogP contribution in [0.2, 0.25) is 37.8 Å². The van der Waals surface area contributed by atoms with Gasteiger partial charge < -0.3 is 13.8 Å². The van der Waals surface area contributed by atoms with E-state index < -0.39 is 16.6 Å². The van der Waals surface area contributed by atoms with Crippen molar-refractivity contribution in [2.24, 2.45) is 4.66 Å². The summed E-state index contributed by atoms with van der Waals surface area (Å²) in [7, 11) is -3.30. The van der Waals surface area contributed by atoms with Gasteiger partial charge in [-0.1, -0.05) is 51.1 Å². The first kappa shape index (κ1) is 19.6. The lowest BCUT2D eigenvalue weighted by Crippen LogP contribution is -2.42. The summed E-state index contributed by atoms with van der Waals surface area (Å²) in [5.74, 6) is 0. The number of hydrogen-bond donors (Lipinski definition) is 0. The number of hydrogen-bond acceptors (Lipinski definition) is 3. The molecule has 1 heterocycles. The molecule has 0 unspecified atom stereocenters. The van der Waals surface area contributed by atoms with Crippen molar-refractivity contribution in [3.63, 3.8) is 0 Å². The number of rotatable bonds is 6. The number of ether oxygens (including phenoxy) is 1. The Labute approximate surface area is 149 Å². The van der Waals surface area contributed by atoms with Gasteiger partial charge in [0, 0.05) is 0 Å². The molecule has 1 fully saturated rings. The highest BCUT2D eigenvalue weighted by atomic mass is 28.4. The van der Waals surface area contributed by atoms with Gasteiger partial charge in [-0.2, -0.15) is 0 Å². The molecular formula is C19H33NO2Si2. The summed E-state index contributed by atoms with van der Waals surface area (Å²) in [4.78, 5) is 0. The van der Waals surface area contributed by atoms with Crippen LogP contribution in [0.3, 0.4) is 0 Å². The van der Waals surface area contributed by atoms with Gasteiger partial charge in [-0.15, -0.1) is 0 Å². The third-order valence-electron chi connectivity index (χ3n) is 4.79. The van der Waals surface area contributed by atoms with Crippen LogP contribution in [0.4, 0.5) is 0 Å². The molecule has 0 N–H and O–H groups in total. The molecule has 1 aliphatic heterocycles. The van der Waals surface area contributed by atoms with E-state index in [1.165, 1.54) is 5.56 Å². The fraction of sp³-hybridized carbons (Fsp3) is 0.632. The maximum atomic E-state index is 6.33. The van der Waals surface area contributed by atoms with Crippen molar-refractivity contribution in [1.29, 1.82) is 0 Å². The van der Waals surface area contributed by atoms with Crippen LogP contribution in [0, 0.1) is 0 Å². The lowest BCUT2D eigenvalue weighted by Gasteiger charge is -2.36. The van der Waals surface area contributed by atoms with Gasteiger partial charge in [-0.25, -0.2) is 0 Å². The van der Waals surface area contributed by atoms with Gasteiger partial charge in [0.25, 0.3) is 0 Å². The Morgan fingerprint density at radius 2 is 1.67 bits per heavy atom. The van der Waals surface area contributed by atoms with E-state index in [1.807, 2.05) is 6.07 Å². The molecule has 5 heteroatoms. The van der Waals surface area contributed by atoms with Gasteiger partial charge >= 0.3 is 0 Å². The molecule has 0 amide bonds. The molecule has 2 atom stereocenters. The van der Waals surface area contributed by atoms with E-state index in [-0.39, 0.29) is 17.2 Å². The standard InChI is InChI=1S/C19H33NO2Si2/c1-19(2,3)24(7,8)21-14-16-18(22-16)17(20-23(4,5)6)15-12-10-9-11-13-15/h9-13,16,18H,14H2,1-8H3/b20-17-/t16-,18+/m0/s1. The first-order valence-electron chi connectivity index (χ1n) is 8.85. The van der Waals surface area contributed by atoms with E-state index in [9.17, 15) is 0 Å². The Morgan fingerprint density at radius 3 is 2.17 bits per heavy atom. The number of epoxide rings is 1. The maximum absolute atomic E-state index is 6.33. The highest BCUT2D eigenvalue weighted by Gasteiger charge is 2.46. The smallest absolute Gasteiger partial charge is 0.192 e. The van der Waals surface area contributed by atoms with Crippen molar-refractivity contribution < 1.29 is 9.16 Å². The Hall–Kier alpha value is -0.756. The Bertz CT molecular complexity index is 586. The van der Waals surface area contributed by atoms with Crippen LogP contribution in [0.15, 0.2) is 35.0 Å². The van der Waals surface area contributed by atoms with Crippen LogP contribution in [0.25, 0.3) is 0 Å². The highest BCUT2D eigenvalue weighted by Crippen LogP contribution is 2.38. The summed E-state index contributed by atoms with van der Waals surface area (Å²) in [6, 6.07) is 10.4. The Balaban J connectivity index is 2.09. The second-order valence-electron chi connectivity index (χ2n) is 9.20. The minimum Gasteiger partial charge on any atom is -0.414 e. The third-order valence-corrected chi connectivity index (χ3v) is 10.2. The average Bonchev–Trinajstić information content (AvgIpc) is 3.21. The zero-order valence-corrected chi connectivity index (χ0v) is 18.5. The summed E-state index contributed by atoms with van der Waals surface area (Å²) in [6.07, 6.45) is 0.235. The van der Waals surface area contributed by atoms with Crippen LogP contribution in [-0.4, -0.2) is 41.1 Å². The van der Waals surface area contributed by atoms with Crippen LogP contribution in [0.5, 0.6) is 0 Å². The van der Waals surface area contributed by atoms with E-state index in [0.29, 0.717) is 6.61 Å². The SMILES string of the molecule is CC(C)(C)[Si](C)(C)OC[C@@H]1O[C@H]1/C(=N\[Si](C)(C)C)c1ccccc1. The summed E-state index contributed by atoms with van der Waals surface area (Å²) in [5.41, 5.74) is 2.29. The average molecular weight is 364 g/mol. The largest absolute Gasteiger partial charge is 0.414 e. The molecule has 0 saturated carbocycles. The Morgan fingerprint density at radius 1 is 1.08 bits per heavy atom. The molecule has 2 rings (SSSR count). The van der Waals surface area contributed by atoms with Crippen LogP contribution in [0.1, 0.15) is 26.3 Å².